The highest BCUT2D eigenvalue weighted by atomic mass is 16.4. The van der Waals surface area contributed by atoms with Gasteiger partial charge in [-0.3, -0.25) is 14.8 Å². The summed E-state index contributed by atoms with van der Waals surface area (Å²) in [6.07, 6.45) is 1.93. The van der Waals surface area contributed by atoms with E-state index < -0.39 is 0 Å². The molecule has 2 heterocycles. The van der Waals surface area contributed by atoms with Crippen molar-refractivity contribution >= 4 is 11.9 Å². The van der Waals surface area contributed by atoms with Gasteiger partial charge < -0.3 is 4.42 Å². The first-order valence-electron chi connectivity index (χ1n) is 8.70. The standard InChI is InChI=1S/C19H23N5O2/c1-12(2)15-7-5-14(6-8-15)11-17(25)21-19-23-22-18(26-19)16-9-10-20-24(16)13(3)4/h5-10,12-13H,11H2,1-4H3,(H,21,23,25). The number of rotatable bonds is 6. The molecule has 0 bridgehead atoms. The molecule has 0 aliphatic carbocycles. The Hall–Kier alpha value is -2.96. The lowest BCUT2D eigenvalue weighted by Crippen LogP contribution is -2.14. The second-order valence-corrected chi connectivity index (χ2v) is 6.79. The number of nitrogens with zero attached hydrogens (tertiary/aromatic N) is 4. The minimum absolute atomic E-state index is 0.0836. The van der Waals surface area contributed by atoms with Gasteiger partial charge in [-0.05, 0) is 37.0 Å². The molecule has 7 nitrogen and oxygen atoms in total. The van der Waals surface area contributed by atoms with Crippen LogP contribution in [0.4, 0.5) is 6.01 Å². The molecular weight excluding hydrogens is 330 g/mol. The number of benzene rings is 1. The maximum Gasteiger partial charge on any atom is 0.322 e. The molecule has 3 aromatic rings. The third-order valence-electron chi connectivity index (χ3n) is 4.06. The average Bonchev–Trinajstić information content (AvgIpc) is 3.23. The van der Waals surface area contributed by atoms with E-state index in [2.05, 4.69) is 34.5 Å². The topological polar surface area (TPSA) is 85.8 Å². The van der Waals surface area contributed by atoms with Gasteiger partial charge in [0.2, 0.25) is 5.91 Å². The number of amides is 1. The van der Waals surface area contributed by atoms with Crippen molar-refractivity contribution in [2.24, 2.45) is 0 Å². The Kier molecular flexibility index (Phi) is 5.16. The van der Waals surface area contributed by atoms with Crippen LogP contribution in [0.3, 0.4) is 0 Å². The Balaban J connectivity index is 1.65. The smallest absolute Gasteiger partial charge is 0.322 e. The number of hydrogen-bond donors (Lipinski definition) is 1. The van der Waals surface area contributed by atoms with Crippen molar-refractivity contribution in [3.05, 3.63) is 47.7 Å². The first-order valence-corrected chi connectivity index (χ1v) is 8.70. The summed E-state index contributed by atoms with van der Waals surface area (Å²) in [5, 5.41) is 14.8. The van der Waals surface area contributed by atoms with Crippen LogP contribution < -0.4 is 5.32 Å². The van der Waals surface area contributed by atoms with E-state index in [0.29, 0.717) is 11.8 Å². The van der Waals surface area contributed by atoms with Crippen LogP contribution in [0.25, 0.3) is 11.6 Å². The monoisotopic (exact) mass is 353 g/mol. The Morgan fingerprint density at radius 1 is 1.12 bits per heavy atom. The molecule has 0 aliphatic rings. The SMILES string of the molecule is CC(C)c1ccc(CC(=O)Nc2nnc(-c3ccnn3C(C)C)o2)cc1. The average molecular weight is 353 g/mol. The summed E-state index contributed by atoms with van der Waals surface area (Å²) < 4.78 is 7.35. The van der Waals surface area contributed by atoms with E-state index in [1.807, 2.05) is 38.1 Å². The number of hydrogen-bond acceptors (Lipinski definition) is 5. The molecule has 0 aliphatic heterocycles. The molecule has 26 heavy (non-hydrogen) atoms. The van der Waals surface area contributed by atoms with Gasteiger partial charge in [-0.1, -0.05) is 43.2 Å². The van der Waals surface area contributed by atoms with E-state index in [-0.39, 0.29) is 24.4 Å². The molecule has 0 saturated heterocycles. The Morgan fingerprint density at radius 2 is 1.85 bits per heavy atom. The minimum Gasteiger partial charge on any atom is -0.401 e. The van der Waals surface area contributed by atoms with Gasteiger partial charge in [-0.2, -0.15) is 5.10 Å². The van der Waals surface area contributed by atoms with Crippen molar-refractivity contribution in [1.29, 1.82) is 0 Å². The van der Waals surface area contributed by atoms with Crippen molar-refractivity contribution in [1.82, 2.24) is 20.0 Å². The van der Waals surface area contributed by atoms with Gasteiger partial charge >= 0.3 is 6.01 Å². The van der Waals surface area contributed by atoms with Crippen molar-refractivity contribution in [2.45, 2.75) is 46.1 Å². The van der Waals surface area contributed by atoms with E-state index >= 15 is 0 Å². The maximum atomic E-state index is 12.2. The molecule has 0 saturated carbocycles. The van der Waals surface area contributed by atoms with Crippen molar-refractivity contribution < 1.29 is 9.21 Å². The van der Waals surface area contributed by atoms with E-state index in [4.69, 9.17) is 4.42 Å². The minimum atomic E-state index is -0.199. The van der Waals surface area contributed by atoms with Gasteiger partial charge in [0.25, 0.3) is 5.89 Å². The summed E-state index contributed by atoms with van der Waals surface area (Å²) in [6, 6.07) is 10.1. The van der Waals surface area contributed by atoms with Gasteiger partial charge in [-0.15, -0.1) is 5.10 Å². The fourth-order valence-electron chi connectivity index (χ4n) is 2.64. The number of nitrogens with one attached hydrogen (secondary N) is 1. The fourth-order valence-corrected chi connectivity index (χ4v) is 2.64. The molecule has 3 rings (SSSR count). The predicted molar refractivity (Wildman–Crippen MR) is 98.8 cm³/mol. The molecule has 0 radical (unpaired) electrons. The van der Waals surface area contributed by atoms with Crippen LogP contribution in [0.15, 0.2) is 40.9 Å². The van der Waals surface area contributed by atoms with Gasteiger partial charge in [0.05, 0.1) is 6.42 Å². The second kappa shape index (κ2) is 7.51. The number of carbonyl (C=O) groups excluding carboxylic acids is 1. The predicted octanol–water partition coefficient (Wildman–Crippen LogP) is 3.82. The normalized spacial score (nSPS) is 11.3. The third-order valence-corrected chi connectivity index (χ3v) is 4.06. The first kappa shape index (κ1) is 17.8. The molecule has 0 spiro atoms. The highest BCUT2D eigenvalue weighted by molar-refractivity contribution is 5.90. The first-order chi connectivity index (χ1) is 12.4. The third kappa shape index (κ3) is 3.99. The lowest BCUT2D eigenvalue weighted by molar-refractivity contribution is -0.115. The molecule has 1 aromatic carbocycles. The van der Waals surface area contributed by atoms with Gasteiger partial charge in [-0.25, -0.2) is 0 Å². The van der Waals surface area contributed by atoms with Gasteiger partial charge in [0.15, 0.2) is 0 Å². The molecule has 0 unspecified atom stereocenters. The van der Waals surface area contributed by atoms with E-state index in [1.165, 1.54) is 5.56 Å². The largest absolute Gasteiger partial charge is 0.401 e. The molecule has 1 amide bonds. The zero-order valence-corrected chi connectivity index (χ0v) is 15.4. The fraction of sp³-hybridized carbons (Fsp3) is 0.368. The van der Waals surface area contributed by atoms with Crippen LogP contribution >= 0.6 is 0 Å². The van der Waals surface area contributed by atoms with Crippen molar-refractivity contribution in [3.8, 4) is 11.6 Å². The molecular formula is C19H23N5O2. The Bertz CT molecular complexity index is 877. The van der Waals surface area contributed by atoms with Crippen LogP contribution in [0.2, 0.25) is 0 Å². The zero-order chi connectivity index (χ0) is 18.7. The zero-order valence-electron chi connectivity index (χ0n) is 15.4. The number of anilines is 1. The van der Waals surface area contributed by atoms with E-state index in [1.54, 1.807) is 16.9 Å². The summed E-state index contributed by atoms with van der Waals surface area (Å²) in [6.45, 7) is 8.31. The second-order valence-electron chi connectivity index (χ2n) is 6.79. The van der Waals surface area contributed by atoms with Gasteiger partial charge in [0.1, 0.15) is 5.69 Å². The molecule has 1 N–H and O–H groups in total. The van der Waals surface area contributed by atoms with E-state index in [0.717, 1.165) is 11.3 Å². The van der Waals surface area contributed by atoms with Crippen LogP contribution in [0, 0.1) is 0 Å². The number of carbonyl (C=O) groups is 1. The van der Waals surface area contributed by atoms with E-state index in [9.17, 15) is 4.79 Å². The van der Waals surface area contributed by atoms with Crippen LogP contribution in [0.1, 0.15) is 50.8 Å². The lowest BCUT2D eigenvalue weighted by atomic mass is 10.0. The lowest BCUT2D eigenvalue weighted by Gasteiger charge is -2.07. The highest BCUT2D eigenvalue weighted by Crippen LogP contribution is 2.22. The van der Waals surface area contributed by atoms with Crippen LogP contribution in [-0.4, -0.2) is 25.9 Å². The molecule has 7 heteroatoms. The number of aromatic nitrogens is 4. The molecule has 2 aromatic heterocycles. The molecule has 136 valence electrons. The quantitative estimate of drug-likeness (QED) is 0.728. The highest BCUT2D eigenvalue weighted by Gasteiger charge is 2.16. The summed E-state index contributed by atoms with van der Waals surface area (Å²) in [7, 11) is 0. The Morgan fingerprint density at radius 3 is 2.50 bits per heavy atom. The Labute approximate surface area is 152 Å². The maximum absolute atomic E-state index is 12.2. The van der Waals surface area contributed by atoms with Crippen molar-refractivity contribution in [3.63, 3.8) is 0 Å². The molecule has 0 fully saturated rings. The van der Waals surface area contributed by atoms with Crippen molar-refractivity contribution in [2.75, 3.05) is 5.32 Å². The summed E-state index contributed by atoms with van der Waals surface area (Å²) in [4.78, 5) is 12.2. The summed E-state index contributed by atoms with van der Waals surface area (Å²) in [5.74, 6) is 0.594. The summed E-state index contributed by atoms with van der Waals surface area (Å²) >= 11 is 0. The van der Waals surface area contributed by atoms with Crippen LogP contribution in [-0.2, 0) is 11.2 Å². The summed E-state index contributed by atoms with van der Waals surface area (Å²) in [5.41, 5.74) is 2.90. The van der Waals surface area contributed by atoms with Gasteiger partial charge in [0, 0.05) is 12.2 Å². The van der Waals surface area contributed by atoms with Crippen LogP contribution in [0.5, 0.6) is 0 Å². The molecule has 0 atom stereocenters.